The maximum absolute atomic E-state index is 11.4. The summed E-state index contributed by atoms with van der Waals surface area (Å²) in [6.07, 6.45) is 0. The van der Waals surface area contributed by atoms with Gasteiger partial charge in [0.1, 0.15) is 0 Å². The molecule has 1 aromatic rings. The molecule has 0 spiro atoms. The Kier molecular flexibility index (Phi) is 3.72. The summed E-state index contributed by atoms with van der Waals surface area (Å²) in [4.78, 5) is 10.2. The molecule has 0 amide bonds. The van der Waals surface area contributed by atoms with E-state index >= 15 is 0 Å². The quantitative estimate of drug-likeness (QED) is 0.660. The largest absolute Gasteiger partial charge is 0.283 e. The van der Waals surface area contributed by atoms with Gasteiger partial charge < -0.3 is 0 Å². The minimum atomic E-state index is -3.36. The highest BCUT2D eigenvalue weighted by Gasteiger charge is 2.15. The van der Waals surface area contributed by atoms with Gasteiger partial charge in [0, 0.05) is 11.6 Å². The fraction of sp³-hybridized carbons (Fsp3) is 0.400. The number of rotatable bonds is 4. The molecular weight excluding hydrogens is 244 g/mol. The number of benzene rings is 1. The Balaban J connectivity index is 3.21. The van der Waals surface area contributed by atoms with E-state index in [0.29, 0.717) is 16.8 Å². The number of sulfonamides is 1. The van der Waals surface area contributed by atoms with E-state index in [2.05, 4.69) is 4.72 Å². The van der Waals surface area contributed by atoms with E-state index in [0.717, 1.165) is 0 Å². The van der Waals surface area contributed by atoms with Crippen molar-refractivity contribution >= 4 is 21.4 Å². The summed E-state index contributed by atoms with van der Waals surface area (Å²) in [5, 5.41) is 10.7. The molecule has 0 bridgehead atoms. The van der Waals surface area contributed by atoms with Gasteiger partial charge in [0.05, 0.1) is 16.4 Å². The molecule has 0 aliphatic carbocycles. The van der Waals surface area contributed by atoms with E-state index < -0.39 is 14.9 Å². The molecule has 1 N–H and O–H groups in total. The topological polar surface area (TPSA) is 89.3 Å². The van der Waals surface area contributed by atoms with Gasteiger partial charge in [-0.05, 0) is 32.4 Å². The van der Waals surface area contributed by atoms with Gasteiger partial charge in [0.25, 0.3) is 5.69 Å². The van der Waals surface area contributed by atoms with Crippen LogP contribution in [0.3, 0.4) is 0 Å². The SMILES string of the molecule is CCS(=O)(=O)Nc1cc(C)c([N+](=O)[O-])cc1C. The normalized spacial score (nSPS) is 11.2. The van der Waals surface area contributed by atoms with Crippen LogP contribution in [0.15, 0.2) is 12.1 Å². The highest BCUT2D eigenvalue weighted by Crippen LogP contribution is 2.26. The lowest BCUT2D eigenvalue weighted by Gasteiger charge is -2.10. The number of anilines is 1. The number of nitro groups is 1. The fourth-order valence-corrected chi connectivity index (χ4v) is 2.05. The first-order chi connectivity index (χ1) is 7.76. The van der Waals surface area contributed by atoms with Crippen LogP contribution in [0, 0.1) is 24.0 Å². The van der Waals surface area contributed by atoms with Crippen molar-refractivity contribution in [1.29, 1.82) is 0 Å². The second-order valence-corrected chi connectivity index (χ2v) is 5.73. The zero-order valence-electron chi connectivity index (χ0n) is 9.85. The summed E-state index contributed by atoms with van der Waals surface area (Å²) in [5.41, 5.74) is 1.32. The van der Waals surface area contributed by atoms with Crippen LogP contribution in [0.4, 0.5) is 11.4 Å². The van der Waals surface area contributed by atoms with Gasteiger partial charge in [-0.3, -0.25) is 14.8 Å². The van der Waals surface area contributed by atoms with Gasteiger partial charge in [-0.25, -0.2) is 8.42 Å². The maximum Gasteiger partial charge on any atom is 0.272 e. The van der Waals surface area contributed by atoms with Crippen molar-refractivity contribution < 1.29 is 13.3 Å². The molecule has 7 heteroatoms. The summed E-state index contributed by atoms with van der Waals surface area (Å²) >= 11 is 0. The molecule has 0 saturated carbocycles. The van der Waals surface area contributed by atoms with Crippen molar-refractivity contribution in [1.82, 2.24) is 0 Å². The van der Waals surface area contributed by atoms with E-state index in [1.165, 1.54) is 19.1 Å². The fourth-order valence-electron chi connectivity index (χ4n) is 1.35. The van der Waals surface area contributed by atoms with Crippen LogP contribution >= 0.6 is 0 Å². The highest BCUT2D eigenvalue weighted by atomic mass is 32.2. The van der Waals surface area contributed by atoms with Gasteiger partial charge in [0.2, 0.25) is 10.0 Å². The lowest BCUT2D eigenvalue weighted by Crippen LogP contribution is -2.15. The molecule has 0 aliphatic heterocycles. The lowest BCUT2D eigenvalue weighted by atomic mass is 10.1. The minimum absolute atomic E-state index is 0.0121. The Hall–Kier alpha value is -1.63. The molecule has 0 heterocycles. The molecule has 0 fully saturated rings. The summed E-state index contributed by atoms with van der Waals surface area (Å²) < 4.78 is 25.2. The van der Waals surface area contributed by atoms with E-state index in [4.69, 9.17) is 0 Å². The smallest absolute Gasteiger partial charge is 0.272 e. The van der Waals surface area contributed by atoms with Crippen molar-refractivity contribution in [2.75, 3.05) is 10.5 Å². The van der Waals surface area contributed by atoms with Crippen LogP contribution in [0.1, 0.15) is 18.1 Å². The molecule has 0 aromatic heterocycles. The van der Waals surface area contributed by atoms with Crippen molar-refractivity contribution in [3.8, 4) is 0 Å². The Morgan fingerprint density at radius 3 is 2.35 bits per heavy atom. The molecule has 0 unspecified atom stereocenters. The van der Waals surface area contributed by atoms with Crippen LogP contribution in [0.5, 0.6) is 0 Å². The molecule has 1 aromatic carbocycles. The van der Waals surface area contributed by atoms with Crippen molar-refractivity contribution in [3.63, 3.8) is 0 Å². The molecule has 0 radical (unpaired) electrons. The summed E-state index contributed by atoms with van der Waals surface area (Å²) in [6, 6.07) is 2.84. The zero-order chi connectivity index (χ0) is 13.2. The molecule has 1 rings (SSSR count). The van der Waals surface area contributed by atoms with Crippen LogP contribution in [-0.2, 0) is 10.0 Å². The summed E-state index contributed by atoms with van der Waals surface area (Å²) in [5.74, 6) is -0.0392. The zero-order valence-corrected chi connectivity index (χ0v) is 10.7. The van der Waals surface area contributed by atoms with Crippen LogP contribution in [0.2, 0.25) is 0 Å². The van der Waals surface area contributed by atoms with E-state index in [1.54, 1.807) is 13.8 Å². The average molecular weight is 258 g/mol. The molecule has 0 aliphatic rings. The average Bonchev–Trinajstić information content (AvgIpc) is 2.22. The van der Waals surface area contributed by atoms with Crippen LogP contribution < -0.4 is 4.72 Å². The summed E-state index contributed by atoms with van der Waals surface area (Å²) in [7, 11) is -3.36. The van der Waals surface area contributed by atoms with Gasteiger partial charge >= 0.3 is 0 Å². The van der Waals surface area contributed by atoms with Crippen molar-refractivity contribution in [2.45, 2.75) is 20.8 Å². The van der Waals surface area contributed by atoms with Crippen LogP contribution in [-0.4, -0.2) is 19.1 Å². The first-order valence-corrected chi connectivity index (χ1v) is 6.68. The number of nitrogens with one attached hydrogen (secondary N) is 1. The first-order valence-electron chi connectivity index (χ1n) is 5.03. The molecular formula is C10H14N2O4S. The number of hydrogen-bond acceptors (Lipinski definition) is 4. The van der Waals surface area contributed by atoms with Gasteiger partial charge in [-0.2, -0.15) is 0 Å². The third kappa shape index (κ3) is 3.16. The molecule has 0 atom stereocenters. The van der Waals surface area contributed by atoms with E-state index in [1.807, 2.05) is 0 Å². The van der Waals surface area contributed by atoms with E-state index in [-0.39, 0.29) is 11.4 Å². The molecule has 6 nitrogen and oxygen atoms in total. The Morgan fingerprint density at radius 1 is 1.29 bits per heavy atom. The van der Waals surface area contributed by atoms with E-state index in [9.17, 15) is 18.5 Å². The second-order valence-electron chi connectivity index (χ2n) is 3.72. The minimum Gasteiger partial charge on any atom is -0.283 e. The van der Waals surface area contributed by atoms with Gasteiger partial charge in [-0.1, -0.05) is 0 Å². The van der Waals surface area contributed by atoms with Crippen LogP contribution in [0.25, 0.3) is 0 Å². The first kappa shape index (κ1) is 13.4. The monoisotopic (exact) mass is 258 g/mol. The number of nitrogens with zero attached hydrogens (tertiary/aromatic N) is 1. The molecule has 17 heavy (non-hydrogen) atoms. The molecule has 94 valence electrons. The highest BCUT2D eigenvalue weighted by molar-refractivity contribution is 7.92. The Labute approximate surface area is 99.9 Å². The second kappa shape index (κ2) is 4.70. The van der Waals surface area contributed by atoms with Gasteiger partial charge in [-0.15, -0.1) is 0 Å². The lowest BCUT2D eigenvalue weighted by molar-refractivity contribution is -0.385. The predicted molar refractivity (Wildman–Crippen MR) is 65.7 cm³/mol. The predicted octanol–water partition coefficient (Wildman–Crippen LogP) is 1.97. The third-order valence-corrected chi connectivity index (χ3v) is 3.68. The Bertz CT molecular complexity index is 552. The van der Waals surface area contributed by atoms with Crippen molar-refractivity contribution in [3.05, 3.63) is 33.4 Å². The summed E-state index contributed by atoms with van der Waals surface area (Å²) in [6.45, 7) is 4.72. The maximum atomic E-state index is 11.4. The Morgan fingerprint density at radius 2 is 1.88 bits per heavy atom. The van der Waals surface area contributed by atoms with Gasteiger partial charge in [0.15, 0.2) is 0 Å². The number of aryl methyl sites for hydroxylation is 2. The number of hydrogen-bond donors (Lipinski definition) is 1. The van der Waals surface area contributed by atoms with Crippen molar-refractivity contribution in [2.24, 2.45) is 0 Å². The standard InChI is InChI=1S/C10H14N2O4S/c1-4-17(15,16)11-9-5-8(3)10(12(13)14)6-7(9)2/h5-6,11H,4H2,1-3H3. The third-order valence-electron chi connectivity index (χ3n) is 2.39. The number of nitro benzene ring substituents is 1. The molecule has 0 saturated heterocycles.